The lowest BCUT2D eigenvalue weighted by atomic mass is 10.3. The molecule has 0 radical (unpaired) electrons. The zero-order valence-electron chi connectivity index (χ0n) is 6.93. The second-order valence-electron chi connectivity index (χ2n) is 2.95. The molecule has 13 heavy (non-hydrogen) atoms. The first-order chi connectivity index (χ1) is 6.31. The molecule has 0 N–H and O–H groups in total. The number of aromatic nitrogens is 1. The molecule has 1 fully saturated rings. The van der Waals surface area contributed by atoms with Crippen LogP contribution >= 0.6 is 0 Å². The van der Waals surface area contributed by atoms with E-state index in [1.165, 1.54) is 10.6 Å². The van der Waals surface area contributed by atoms with Gasteiger partial charge in [-0.2, -0.15) is 5.26 Å². The Morgan fingerprint density at radius 1 is 1.77 bits per heavy atom. The predicted molar refractivity (Wildman–Crippen MR) is 45.2 cm³/mol. The van der Waals surface area contributed by atoms with Gasteiger partial charge in [0.05, 0.1) is 19.3 Å². The summed E-state index contributed by atoms with van der Waals surface area (Å²) in [5, 5.41) is 8.60. The van der Waals surface area contributed by atoms with Crippen LogP contribution in [-0.2, 0) is 11.3 Å². The van der Waals surface area contributed by atoms with Crippen LogP contribution in [0.3, 0.4) is 0 Å². The quantitative estimate of drug-likeness (QED) is 0.601. The lowest BCUT2D eigenvalue weighted by molar-refractivity contribution is 0.380. The average molecular weight is 176 g/mol. The van der Waals surface area contributed by atoms with Gasteiger partial charge in [-0.1, -0.05) is 0 Å². The number of pyridine rings is 1. The highest BCUT2D eigenvalue weighted by Crippen LogP contribution is 2.10. The minimum absolute atomic E-state index is 0.159. The van der Waals surface area contributed by atoms with E-state index < -0.39 is 0 Å². The van der Waals surface area contributed by atoms with E-state index in [0.717, 1.165) is 0 Å². The third kappa shape index (κ3) is 1.60. The number of ether oxygens (including phenoxy) is 1. The van der Waals surface area contributed by atoms with Gasteiger partial charge in [0, 0.05) is 6.20 Å². The number of nitrogens with zero attached hydrogens (tertiary/aromatic N) is 2. The Bertz CT molecular complexity index is 412. The maximum atomic E-state index is 11.4. The van der Waals surface area contributed by atoms with E-state index in [4.69, 9.17) is 10.00 Å². The van der Waals surface area contributed by atoms with Crippen LogP contribution in [0, 0.1) is 11.3 Å². The molecule has 66 valence electrons. The number of nitriles is 1. The fraction of sp³-hybridized carbons (Fsp3) is 0.333. The van der Waals surface area contributed by atoms with Gasteiger partial charge in [0.15, 0.2) is 0 Å². The molecule has 1 aliphatic heterocycles. The molecule has 0 saturated carbocycles. The second-order valence-corrected chi connectivity index (χ2v) is 2.95. The zero-order valence-corrected chi connectivity index (χ0v) is 6.93. The van der Waals surface area contributed by atoms with Crippen molar-refractivity contribution in [2.75, 3.05) is 6.61 Å². The summed E-state index contributed by atoms with van der Waals surface area (Å²) in [5.74, 6) is 0. The van der Waals surface area contributed by atoms with E-state index in [1.807, 2.05) is 6.07 Å². The predicted octanol–water partition coefficient (Wildman–Crippen LogP) is 0.119. The SMILES string of the molecule is N#Cc1cccn(CC2CO2)c1=O. The second kappa shape index (κ2) is 3.04. The standard InChI is InChI=1S/C9H8N2O2/c10-4-7-2-1-3-11(9(7)12)5-8-6-13-8/h1-3,8H,5-6H2. The summed E-state index contributed by atoms with van der Waals surface area (Å²) in [6.07, 6.45) is 1.83. The number of rotatable bonds is 2. The van der Waals surface area contributed by atoms with Crippen LogP contribution in [0.15, 0.2) is 23.1 Å². The Morgan fingerprint density at radius 3 is 3.15 bits per heavy atom. The van der Waals surface area contributed by atoms with Crippen molar-refractivity contribution in [3.63, 3.8) is 0 Å². The van der Waals surface area contributed by atoms with Gasteiger partial charge < -0.3 is 9.30 Å². The lowest BCUT2D eigenvalue weighted by Crippen LogP contribution is -2.23. The molecule has 0 amide bonds. The van der Waals surface area contributed by atoms with Crippen molar-refractivity contribution in [2.24, 2.45) is 0 Å². The van der Waals surface area contributed by atoms with E-state index >= 15 is 0 Å². The largest absolute Gasteiger partial charge is 0.371 e. The molecule has 1 aromatic rings. The van der Waals surface area contributed by atoms with Crippen LogP contribution < -0.4 is 5.56 Å². The average Bonchev–Trinajstić information content (AvgIpc) is 2.92. The van der Waals surface area contributed by atoms with Crippen molar-refractivity contribution < 1.29 is 4.74 Å². The van der Waals surface area contributed by atoms with Crippen LogP contribution in [0.5, 0.6) is 0 Å². The van der Waals surface area contributed by atoms with Crippen LogP contribution in [0.4, 0.5) is 0 Å². The summed E-state index contributed by atoms with van der Waals surface area (Å²) in [5.41, 5.74) is -0.0522. The fourth-order valence-corrected chi connectivity index (χ4v) is 1.16. The monoisotopic (exact) mass is 176 g/mol. The summed E-state index contributed by atoms with van der Waals surface area (Å²) < 4.78 is 6.51. The van der Waals surface area contributed by atoms with Crippen LogP contribution in [0.2, 0.25) is 0 Å². The Balaban J connectivity index is 2.34. The number of hydrogen-bond donors (Lipinski definition) is 0. The smallest absolute Gasteiger partial charge is 0.268 e. The van der Waals surface area contributed by atoms with E-state index in [9.17, 15) is 4.79 Å². The molecule has 2 rings (SSSR count). The normalized spacial score (nSPS) is 19.5. The van der Waals surface area contributed by atoms with Gasteiger partial charge in [-0.05, 0) is 12.1 Å². The molecular weight excluding hydrogens is 168 g/mol. The molecule has 1 aliphatic rings. The summed E-state index contributed by atoms with van der Waals surface area (Å²) in [6, 6.07) is 5.07. The maximum Gasteiger partial charge on any atom is 0.268 e. The summed E-state index contributed by atoms with van der Waals surface area (Å²) in [6.45, 7) is 1.26. The van der Waals surface area contributed by atoms with Crippen LogP contribution in [0.25, 0.3) is 0 Å². The van der Waals surface area contributed by atoms with E-state index in [1.54, 1.807) is 12.3 Å². The Hall–Kier alpha value is -1.60. The van der Waals surface area contributed by atoms with Crippen molar-refractivity contribution in [3.05, 3.63) is 34.2 Å². The first kappa shape index (κ1) is 8.02. The van der Waals surface area contributed by atoms with Gasteiger partial charge in [0.1, 0.15) is 11.6 Å². The van der Waals surface area contributed by atoms with Gasteiger partial charge in [0.2, 0.25) is 0 Å². The van der Waals surface area contributed by atoms with E-state index in [0.29, 0.717) is 13.2 Å². The lowest BCUT2D eigenvalue weighted by Gasteiger charge is -2.01. The number of epoxide rings is 1. The first-order valence-electron chi connectivity index (χ1n) is 4.02. The van der Waals surface area contributed by atoms with Crippen LogP contribution in [0.1, 0.15) is 5.56 Å². The fourth-order valence-electron chi connectivity index (χ4n) is 1.16. The highest BCUT2D eigenvalue weighted by molar-refractivity contribution is 5.24. The van der Waals surface area contributed by atoms with Gasteiger partial charge in [-0.25, -0.2) is 0 Å². The third-order valence-corrected chi connectivity index (χ3v) is 1.94. The number of hydrogen-bond acceptors (Lipinski definition) is 3. The van der Waals surface area contributed by atoms with E-state index in [2.05, 4.69) is 0 Å². The molecule has 0 bridgehead atoms. The van der Waals surface area contributed by atoms with Crippen LogP contribution in [-0.4, -0.2) is 17.3 Å². The van der Waals surface area contributed by atoms with Crippen molar-refractivity contribution in [3.8, 4) is 6.07 Å². The van der Waals surface area contributed by atoms with Crippen molar-refractivity contribution in [2.45, 2.75) is 12.6 Å². The van der Waals surface area contributed by atoms with Crippen molar-refractivity contribution >= 4 is 0 Å². The van der Waals surface area contributed by atoms with Gasteiger partial charge in [0.25, 0.3) is 5.56 Å². The Labute approximate surface area is 75.0 Å². The topological polar surface area (TPSA) is 58.3 Å². The summed E-state index contributed by atoms with van der Waals surface area (Å²) in [7, 11) is 0. The van der Waals surface area contributed by atoms with Gasteiger partial charge in [-0.15, -0.1) is 0 Å². The molecule has 1 unspecified atom stereocenters. The molecule has 1 aromatic heterocycles. The maximum absolute atomic E-state index is 11.4. The molecule has 1 saturated heterocycles. The molecular formula is C9H8N2O2. The Kier molecular flexibility index (Phi) is 1.87. The van der Waals surface area contributed by atoms with Crippen molar-refractivity contribution in [1.29, 1.82) is 5.26 Å². The van der Waals surface area contributed by atoms with Gasteiger partial charge >= 0.3 is 0 Å². The molecule has 0 spiro atoms. The minimum atomic E-state index is -0.236. The third-order valence-electron chi connectivity index (χ3n) is 1.94. The minimum Gasteiger partial charge on any atom is -0.371 e. The molecule has 4 nitrogen and oxygen atoms in total. The summed E-state index contributed by atoms with van der Waals surface area (Å²) >= 11 is 0. The molecule has 2 heterocycles. The molecule has 4 heteroatoms. The van der Waals surface area contributed by atoms with Gasteiger partial charge in [-0.3, -0.25) is 4.79 Å². The zero-order chi connectivity index (χ0) is 9.26. The first-order valence-corrected chi connectivity index (χ1v) is 4.02. The highest BCUT2D eigenvalue weighted by Gasteiger charge is 2.23. The Morgan fingerprint density at radius 2 is 2.54 bits per heavy atom. The molecule has 1 atom stereocenters. The molecule has 0 aromatic carbocycles. The highest BCUT2D eigenvalue weighted by atomic mass is 16.6. The molecule has 0 aliphatic carbocycles. The van der Waals surface area contributed by atoms with Crippen molar-refractivity contribution in [1.82, 2.24) is 4.57 Å². The summed E-state index contributed by atoms with van der Waals surface area (Å²) in [4.78, 5) is 11.4. The van der Waals surface area contributed by atoms with E-state index in [-0.39, 0.29) is 17.2 Å².